The van der Waals surface area contributed by atoms with Crippen molar-refractivity contribution in [3.63, 3.8) is 0 Å². The Balaban J connectivity index is 2.97. The summed E-state index contributed by atoms with van der Waals surface area (Å²) in [5.74, 6) is 0.774. The van der Waals surface area contributed by atoms with Crippen LogP contribution < -0.4 is 5.32 Å². The highest BCUT2D eigenvalue weighted by molar-refractivity contribution is 7.91. The third-order valence-corrected chi connectivity index (χ3v) is 5.62. The number of benzene rings is 1. The van der Waals surface area contributed by atoms with Gasteiger partial charge in [0.2, 0.25) is 0 Å². The highest BCUT2D eigenvalue weighted by atomic mass is 32.2. The lowest BCUT2D eigenvalue weighted by molar-refractivity contribution is 0.461. The Morgan fingerprint density at radius 2 is 1.75 bits per heavy atom. The van der Waals surface area contributed by atoms with Crippen molar-refractivity contribution < 1.29 is 8.42 Å². The second kappa shape index (κ2) is 7.67. The largest absolute Gasteiger partial charge is 0.381 e. The molecule has 0 bridgehead atoms. The van der Waals surface area contributed by atoms with E-state index in [1.165, 1.54) is 0 Å². The van der Waals surface area contributed by atoms with E-state index in [4.69, 9.17) is 0 Å². The lowest BCUT2D eigenvalue weighted by Gasteiger charge is -2.23. The van der Waals surface area contributed by atoms with Gasteiger partial charge in [0.1, 0.15) is 0 Å². The number of para-hydroxylation sites is 1. The number of nitrogens with one attached hydrogen (secondary N) is 1. The second-order valence-corrected chi connectivity index (χ2v) is 7.64. The zero-order chi connectivity index (χ0) is 15.2. The molecule has 0 aliphatic heterocycles. The van der Waals surface area contributed by atoms with E-state index in [1.807, 2.05) is 12.1 Å². The van der Waals surface area contributed by atoms with E-state index in [0.717, 1.165) is 24.9 Å². The Labute approximate surface area is 123 Å². The number of hydrogen-bond donors (Lipinski definition) is 1. The molecule has 0 saturated carbocycles. The molecule has 4 heteroatoms. The van der Waals surface area contributed by atoms with Crippen molar-refractivity contribution in [2.24, 2.45) is 5.92 Å². The van der Waals surface area contributed by atoms with Crippen LogP contribution in [-0.2, 0) is 9.84 Å². The van der Waals surface area contributed by atoms with E-state index in [9.17, 15) is 8.42 Å². The van der Waals surface area contributed by atoms with Crippen LogP contribution in [0.5, 0.6) is 0 Å². The van der Waals surface area contributed by atoms with Crippen LogP contribution in [0.2, 0.25) is 0 Å². The molecule has 0 aliphatic rings. The monoisotopic (exact) mass is 297 g/mol. The maximum Gasteiger partial charge on any atom is 0.180 e. The van der Waals surface area contributed by atoms with E-state index < -0.39 is 9.84 Å². The maximum atomic E-state index is 12.1. The topological polar surface area (TPSA) is 46.2 Å². The van der Waals surface area contributed by atoms with Crippen molar-refractivity contribution in [3.05, 3.63) is 24.3 Å². The first kappa shape index (κ1) is 17.0. The average Bonchev–Trinajstić information content (AvgIpc) is 2.46. The van der Waals surface area contributed by atoms with Crippen molar-refractivity contribution in [2.75, 3.05) is 11.1 Å². The lowest BCUT2D eigenvalue weighted by Crippen LogP contribution is -2.22. The minimum atomic E-state index is -3.18. The number of rotatable bonds is 8. The van der Waals surface area contributed by atoms with Crippen molar-refractivity contribution >= 4 is 15.5 Å². The fourth-order valence-electron chi connectivity index (χ4n) is 2.21. The van der Waals surface area contributed by atoms with Crippen LogP contribution in [0.1, 0.15) is 47.0 Å². The van der Waals surface area contributed by atoms with Crippen molar-refractivity contribution in [1.29, 1.82) is 0 Å². The highest BCUT2D eigenvalue weighted by Gasteiger charge is 2.18. The van der Waals surface area contributed by atoms with Crippen molar-refractivity contribution in [2.45, 2.75) is 57.9 Å². The van der Waals surface area contributed by atoms with Crippen LogP contribution in [0.4, 0.5) is 5.69 Å². The zero-order valence-corrected chi connectivity index (χ0v) is 13.8. The Kier molecular flexibility index (Phi) is 6.53. The summed E-state index contributed by atoms with van der Waals surface area (Å²) in [6, 6.07) is 7.54. The van der Waals surface area contributed by atoms with Gasteiger partial charge in [-0.3, -0.25) is 0 Å². The lowest BCUT2D eigenvalue weighted by atomic mass is 9.97. The van der Waals surface area contributed by atoms with Gasteiger partial charge in [0.15, 0.2) is 9.84 Å². The molecule has 1 aromatic rings. The van der Waals surface area contributed by atoms with Crippen LogP contribution >= 0.6 is 0 Å². The summed E-state index contributed by atoms with van der Waals surface area (Å²) in [6.07, 6.45) is 3.20. The molecule has 0 amide bonds. The maximum absolute atomic E-state index is 12.1. The summed E-state index contributed by atoms with van der Waals surface area (Å²) >= 11 is 0. The Bertz CT molecular complexity index is 511. The molecule has 0 heterocycles. The summed E-state index contributed by atoms with van der Waals surface area (Å²) in [5.41, 5.74) is 0.740. The van der Waals surface area contributed by atoms with E-state index >= 15 is 0 Å². The highest BCUT2D eigenvalue weighted by Crippen LogP contribution is 2.25. The van der Waals surface area contributed by atoms with Crippen LogP contribution in [0.25, 0.3) is 0 Å². The Morgan fingerprint density at radius 3 is 2.30 bits per heavy atom. The third-order valence-electron chi connectivity index (χ3n) is 3.84. The number of anilines is 1. The van der Waals surface area contributed by atoms with Crippen LogP contribution in [0.15, 0.2) is 29.2 Å². The van der Waals surface area contributed by atoms with E-state index in [1.54, 1.807) is 19.1 Å². The van der Waals surface area contributed by atoms with E-state index in [0.29, 0.717) is 16.9 Å². The quantitative estimate of drug-likeness (QED) is 0.785. The fraction of sp³-hybridized carbons (Fsp3) is 0.625. The molecule has 0 saturated heterocycles. The Hall–Kier alpha value is -1.03. The first-order valence-corrected chi connectivity index (χ1v) is 9.18. The molecule has 0 radical (unpaired) electrons. The molecule has 0 aromatic heterocycles. The van der Waals surface area contributed by atoms with Crippen molar-refractivity contribution in [1.82, 2.24) is 0 Å². The molecule has 20 heavy (non-hydrogen) atoms. The van der Waals surface area contributed by atoms with Gasteiger partial charge in [0.05, 0.1) is 16.3 Å². The Morgan fingerprint density at radius 1 is 1.10 bits per heavy atom. The smallest absolute Gasteiger partial charge is 0.180 e. The molecule has 3 nitrogen and oxygen atoms in total. The normalized spacial score (nSPS) is 14.8. The minimum absolute atomic E-state index is 0.133. The average molecular weight is 297 g/mol. The molecule has 0 fully saturated rings. The molecule has 2 atom stereocenters. The summed E-state index contributed by atoms with van der Waals surface area (Å²) in [7, 11) is -3.18. The number of sulfone groups is 1. The standard InChI is InChI=1S/C16H27NO2S/c1-5-13(4)12-14(6-2)17-15-10-8-9-11-16(15)20(18,19)7-3/h8-11,13-14,17H,5-7,12H2,1-4H3. The summed E-state index contributed by atoms with van der Waals surface area (Å²) in [6.45, 7) is 8.24. The molecule has 0 spiro atoms. The van der Waals surface area contributed by atoms with Gasteiger partial charge < -0.3 is 5.32 Å². The van der Waals surface area contributed by atoms with Gasteiger partial charge in [-0.1, -0.05) is 46.2 Å². The van der Waals surface area contributed by atoms with Crippen LogP contribution in [-0.4, -0.2) is 20.2 Å². The molecule has 114 valence electrons. The molecular weight excluding hydrogens is 270 g/mol. The van der Waals surface area contributed by atoms with Gasteiger partial charge in [-0.2, -0.15) is 0 Å². The minimum Gasteiger partial charge on any atom is -0.381 e. The van der Waals surface area contributed by atoms with Crippen LogP contribution in [0.3, 0.4) is 0 Å². The molecule has 1 aromatic carbocycles. The van der Waals surface area contributed by atoms with Gasteiger partial charge in [0.25, 0.3) is 0 Å². The van der Waals surface area contributed by atoms with Gasteiger partial charge >= 0.3 is 0 Å². The van der Waals surface area contributed by atoms with Crippen LogP contribution in [0, 0.1) is 5.92 Å². The fourth-order valence-corrected chi connectivity index (χ4v) is 3.27. The van der Waals surface area contributed by atoms with E-state index in [-0.39, 0.29) is 5.75 Å². The van der Waals surface area contributed by atoms with Gasteiger partial charge in [-0.05, 0) is 30.9 Å². The van der Waals surface area contributed by atoms with Gasteiger partial charge in [-0.15, -0.1) is 0 Å². The second-order valence-electron chi connectivity index (χ2n) is 5.40. The molecule has 0 aliphatic carbocycles. The van der Waals surface area contributed by atoms with Gasteiger partial charge in [-0.25, -0.2) is 8.42 Å². The molecular formula is C16H27NO2S. The summed E-state index contributed by atoms with van der Waals surface area (Å²) in [4.78, 5) is 0.421. The first-order valence-electron chi connectivity index (χ1n) is 7.52. The SMILES string of the molecule is CCC(C)CC(CC)Nc1ccccc1S(=O)(=O)CC. The predicted molar refractivity (Wildman–Crippen MR) is 85.9 cm³/mol. The summed E-state index contributed by atoms with van der Waals surface area (Å²) < 4.78 is 24.3. The summed E-state index contributed by atoms with van der Waals surface area (Å²) in [5, 5.41) is 3.42. The first-order chi connectivity index (χ1) is 9.44. The van der Waals surface area contributed by atoms with Crippen molar-refractivity contribution in [3.8, 4) is 0 Å². The number of hydrogen-bond acceptors (Lipinski definition) is 3. The zero-order valence-electron chi connectivity index (χ0n) is 13.0. The molecule has 1 rings (SSSR count). The van der Waals surface area contributed by atoms with E-state index in [2.05, 4.69) is 26.1 Å². The molecule has 2 unspecified atom stereocenters. The third kappa shape index (κ3) is 4.51. The predicted octanol–water partition coefficient (Wildman–Crippen LogP) is 4.11. The van der Waals surface area contributed by atoms with Gasteiger partial charge in [0, 0.05) is 6.04 Å². The molecule has 1 N–H and O–H groups in total.